The zero-order chi connectivity index (χ0) is 10.6. The van der Waals surface area contributed by atoms with Gasteiger partial charge in [-0.2, -0.15) is 13.2 Å². The van der Waals surface area contributed by atoms with Crippen molar-refractivity contribution in [3.05, 3.63) is 0 Å². The van der Waals surface area contributed by atoms with Crippen LogP contribution in [0.25, 0.3) is 0 Å². The number of nitrogens with zero attached hydrogens (tertiary/aromatic N) is 1. The Morgan fingerprint density at radius 1 is 1.14 bits per heavy atom. The predicted molar refractivity (Wildman–Crippen MR) is 50.1 cm³/mol. The molecule has 14 heavy (non-hydrogen) atoms. The van der Waals surface area contributed by atoms with E-state index >= 15 is 0 Å². The highest BCUT2D eigenvalue weighted by Crippen LogP contribution is 2.25. The molecule has 1 aliphatic carbocycles. The van der Waals surface area contributed by atoms with E-state index in [0.29, 0.717) is 12.5 Å². The Labute approximate surface area is 83.3 Å². The van der Waals surface area contributed by atoms with Gasteiger partial charge >= 0.3 is 6.18 Å². The van der Waals surface area contributed by atoms with Gasteiger partial charge in [0.1, 0.15) is 0 Å². The molecule has 0 spiro atoms. The number of rotatable bonds is 3. The molecule has 0 saturated heterocycles. The number of hydrogen-bond donors (Lipinski definition) is 0. The molecule has 1 saturated carbocycles. The first kappa shape index (κ1) is 11.8. The van der Waals surface area contributed by atoms with Crippen LogP contribution >= 0.6 is 0 Å². The van der Waals surface area contributed by atoms with Crippen molar-refractivity contribution < 1.29 is 13.2 Å². The molecule has 0 N–H and O–H groups in total. The van der Waals surface area contributed by atoms with E-state index in [9.17, 15) is 13.2 Å². The van der Waals surface area contributed by atoms with Crippen LogP contribution in [0.1, 0.15) is 32.1 Å². The Morgan fingerprint density at radius 2 is 1.71 bits per heavy atom. The first-order valence-electron chi connectivity index (χ1n) is 5.22. The van der Waals surface area contributed by atoms with Crippen LogP contribution in [0.3, 0.4) is 0 Å². The zero-order valence-electron chi connectivity index (χ0n) is 8.61. The molecule has 84 valence electrons. The summed E-state index contributed by atoms with van der Waals surface area (Å²) >= 11 is 0. The van der Waals surface area contributed by atoms with Crippen LogP contribution in [0.4, 0.5) is 13.2 Å². The van der Waals surface area contributed by atoms with E-state index in [0.717, 1.165) is 12.8 Å². The van der Waals surface area contributed by atoms with Crippen LogP contribution in [0.5, 0.6) is 0 Å². The van der Waals surface area contributed by atoms with Crippen molar-refractivity contribution in [2.24, 2.45) is 5.92 Å². The zero-order valence-corrected chi connectivity index (χ0v) is 8.61. The summed E-state index contributed by atoms with van der Waals surface area (Å²) in [5.74, 6) is 0.482. The normalized spacial score (nSPS) is 20.4. The van der Waals surface area contributed by atoms with E-state index in [1.165, 1.54) is 24.2 Å². The summed E-state index contributed by atoms with van der Waals surface area (Å²) in [6.45, 7) is -0.178. The Bertz CT molecular complexity index is 161. The van der Waals surface area contributed by atoms with Crippen molar-refractivity contribution in [1.82, 2.24) is 4.90 Å². The van der Waals surface area contributed by atoms with E-state index in [-0.39, 0.29) is 0 Å². The third-order valence-corrected chi connectivity index (χ3v) is 2.74. The largest absolute Gasteiger partial charge is 0.401 e. The summed E-state index contributed by atoms with van der Waals surface area (Å²) in [5.41, 5.74) is 0. The minimum atomic E-state index is -4.05. The third kappa shape index (κ3) is 4.84. The summed E-state index contributed by atoms with van der Waals surface area (Å²) in [6.07, 6.45) is 1.77. The summed E-state index contributed by atoms with van der Waals surface area (Å²) in [6, 6.07) is 0. The Hall–Kier alpha value is -0.250. The standard InChI is InChI=1S/C10H18F3N/c1-14(8-10(11,12)13)7-9-5-3-2-4-6-9/h9H,2-8H2,1H3. The third-order valence-electron chi connectivity index (χ3n) is 2.74. The van der Waals surface area contributed by atoms with Crippen LogP contribution in [0.2, 0.25) is 0 Å². The van der Waals surface area contributed by atoms with Gasteiger partial charge in [0.2, 0.25) is 0 Å². The molecule has 0 aromatic rings. The lowest BCUT2D eigenvalue weighted by molar-refractivity contribution is -0.144. The summed E-state index contributed by atoms with van der Waals surface area (Å²) < 4.78 is 36.1. The molecule has 1 nitrogen and oxygen atoms in total. The van der Waals surface area contributed by atoms with Crippen molar-refractivity contribution in [3.63, 3.8) is 0 Å². The molecule has 0 radical (unpaired) electrons. The molecule has 1 rings (SSSR count). The van der Waals surface area contributed by atoms with Crippen molar-refractivity contribution in [2.75, 3.05) is 20.1 Å². The topological polar surface area (TPSA) is 3.24 Å². The fourth-order valence-corrected chi connectivity index (χ4v) is 2.18. The molecule has 0 aliphatic heterocycles. The predicted octanol–water partition coefficient (Wildman–Crippen LogP) is 3.06. The first-order valence-corrected chi connectivity index (χ1v) is 5.22. The van der Waals surface area contributed by atoms with Gasteiger partial charge in [0.25, 0.3) is 0 Å². The van der Waals surface area contributed by atoms with Crippen molar-refractivity contribution in [3.8, 4) is 0 Å². The van der Waals surface area contributed by atoms with E-state index < -0.39 is 12.7 Å². The number of hydrogen-bond acceptors (Lipinski definition) is 1. The lowest BCUT2D eigenvalue weighted by atomic mass is 9.89. The second-order valence-electron chi connectivity index (χ2n) is 4.32. The molecule has 0 aromatic heterocycles. The molecular formula is C10H18F3N. The molecular weight excluding hydrogens is 191 g/mol. The highest BCUT2D eigenvalue weighted by molar-refractivity contribution is 4.70. The molecule has 0 aromatic carbocycles. The highest BCUT2D eigenvalue weighted by Gasteiger charge is 2.30. The maximum atomic E-state index is 12.0. The minimum absolute atomic E-state index is 0.482. The van der Waals surface area contributed by atoms with E-state index in [4.69, 9.17) is 0 Å². The molecule has 0 unspecified atom stereocenters. The minimum Gasteiger partial charge on any atom is -0.298 e. The summed E-state index contributed by atoms with van der Waals surface area (Å²) in [4.78, 5) is 1.40. The van der Waals surface area contributed by atoms with Gasteiger partial charge in [0, 0.05) is 6.54 Å². The maximum absolute atomic E-state index is 12.0. The fourth-order valence-electron chi connectivity index (χ4n) is 2.18. The SMILES string of the molecule is CN(CC1CCCCC1)CC(F)(F)F. The average Bonchev–Trinajstić information content (AvgIpc) is 2.02. The first-order chi connectivity index (χ1) is 6.47. The van der Waals surface area contributed by atoms with Gasteiger partial charge in [0.15, 0.2) is 0 Å². The smallest absolute Gasteiger partial charge is 0.298 e. The average molecular weight is 209 g/mol. The maximum Gasteiger partial charge on any atom is 0.401 e. The van der Waals surface area contributed by atoms with Crippen molar-refractivity contribution >= 4 is 0 Å². The summed E-state index contributed by atoms with van der Waals surface area (Å²) in [5, 5.41) is 0. The van der Waals surface area contributed by atoms with Gasteiger partial charge in [-0.3, -0.25) is 4.90 Å². The van der Waals surface area contributed by atoms with Crippen LogP contribution < -0.4 is 0 Å². The van der Waals surface area contributed by atoms with Gasteiger partial charge in [-0.05, 0) is 25.8 Å². The van der Waals surface area contributed by atoms with Crippen LogP contribution in [0, 0.1) is 5.92 Å². The second-order valence-corrected chi connectivity index (χ2v) is 4.32. The molecule has 0 bridgehead atoms. The van der Waals surface area contributed by atoms with E-state index in [2.05, 4.69) is 0 Å². The second kappa shape index (κ2) is 5.01. The number of halogens is 3. The summed E-state index contributed by atoms with van der Waals surface area (Å²) in [7, 11) is 1.56. The fraction of sp³-hybridized carbons (Fsp3) is 1.00. The molecule has 1 fully saturated rings. The monoisotopic (exact) mass is 209 g/mol. The molecule has 0 atom stereocenters. The van der Waals surface area contributed by atoms with Gasteiger partial charge in [-0.1, -0.05) is 19.3 Å². The van der Waals surface area contributed by atoms with Gasteiger partial charge in [0.05, 0.1) is 6.54 Å². The van der Waals surface area contributed by atoms with Crippen molar-refractivity contribution in [1.29, 1.82) is 0 Å². The Morgan fingerprint density at radius 3 is 2.21 bits per heavy atom. The molecule has 0 amide bonds. The Kier molecular flexibility index (Phi) is 4.23. The Balaban J connectivity index is 2.21. The van der Waals surface area contributed by atoms with E-state index in [1.807, 2.05) is 0 Å². The van der Waals surface area contributed by atoms with Crippen molar-refractivity contribution in [2.45, 2.75) is 38.3 Å². The van der Waals surface area contributed by atoms with E-state index in [1.54, 1.807) is 7.05 Å². The van der Waals surface area contributed by atoms with Crippen LogP contribution in [-0.2, 0) is 0 Å². The lowest BCUT2D eigenvalue weighted by Crippen LogP contribution is -2.35. The lowest BCUT2D eigenvalue weighted by Gasteiger charge is -2.27. The number of alkyl halides is 3. The van der Waals surface area contributed by atoms with Crippen LogP contribution in [0.15, 0.2) is 0 Å². The van der Waals surface area contributed by atoms with Gasteiger partial charge in [-0.25, -0.2) is 0 Å². The van der Waals surface area contributed by atoms with Gasteiger partial charge < -0.3 is 0 Å². The quantitative estimate of drug-likeness (QED) is 0.690. The van der Waals surface area contributed by atoms with Gasteiger partial charge in [-0.15, -0.1) is 0 Å². The molecule has 0 heterocycles. The molecule has 1 aliphatic rings. The highest BCUT2D eigenvalue weighted by atomic mass is 19.4. The molecule has 4 heteroatoms. The van der Waals surface area contributed by atoms with Crippen LogP contribution in [-0.4, -0.2) is 31.2 Å².